The number of aryl methyl sites for hydroxylation is 1. The summed E-state index contributed by atoms with van der Waals surface area (Å²) in [5.74, 6) is 0.180. The van der Waals surface area contributed by atoms with Gasteiger partial charge in [0, 0.05) is 0 Å². The molecule has 1 aromatic rings. The Morgan fingerprint density at radius 3 is 1.80 bits per heavy atom. The van der Waals surface area contributed by atoms with Gasteiger partial charge in [0.05, 0.1) is 17.5 Å². The zero-order chi connectivity index (χ0) is 23.1. The monoisotopic (exact) mass is 417 g/mol. The van der Waals surface area contributed by atoms with Crippen LogP contribution in [0.25, 0.3) is 0 Å². The predicted octanol–water partition coefficient (Wildman–Crippen LogP) is 6.42. The quantitative estimate of drug-likeness (QED) is 0.614. The predicted molar refractivity (Wildman–Crippen MR) is 124 cm³/mol. The van der Waals surface area contributed by atoms with Crippen LogP contribution in [0.15, 0.2) is 12.1 Å². The average Bonchev–Trinajstić information content (AvgIpc) is 2.54. The summed E-state index contributed by atoms with van der Waals surface area (Å²) in [4.78, 5) is 18.7. The molecule has 4 nitrogen and oxygen atoms in total. The van der Waals surface area contributed by atoms with E-state index in [1.54, 1.807) is 0 Å². The van der Waals surface area contributed by atoms with Gasteiger partial charge in [0.2, 0.25) is 0 Å². The first kappa shape index (κ1) is 24.7. The third kappa shape index (κ3) is 5.57. The largest absolute Gasteiger partial charge is 0.507 e. The van der Waals surface area contributed by atoms with Crippen molar-refractivity contribution in [1.29, 1.82) is 0 Å². The topological polar surface area (TPSA) is 49.8 Å². The van der Waals surface area contributed by atoms with E-state index in [-0.39, 0.29) is 27.9 Å². The summed E-state index contributed by atoms with van der Waals surface area (Å²) in [5.41, 5.74) is 2.25. The van der Waals surface area contributed by atoms with Crippen molar-refractivity contribution >= 4 is 5.97 Å². The summed E-state index contributed by atoms with van der Waals surface area (Å²) in [6.45, 7) is 21.2. The SMILES string of the molecule is CC(C)(C)c1cc(CCC(=O)ON2C(C)(C)CCCC2(C)C)cc(C(C)(C)C)c1O. The van der Waals surface area contributed by atoms with E-state index in [0.29, 0.717) is 18.6 Å². The van der Waals surface area contributed by atoms with E-state index in [9.17, 15) is 9.90 Å². The summed E-state index contributed by atoms with van der Waals surface area (Å²) in [5, 5.41) is 12.8. The van der Waals surface area contributed by atoms with E-state index in [1.807, 2.05) is 17.2 Å². The third-order valence-corrected chi connectivity index (χ3v) is 6.27. The van der Waals surface area contributed by atoms with Crippen LogP contribution < -0.4 is 0 Å². The summed E-state index contributed by atoms with van der Waals surface area (Å²) in [7, 11) is 0. The van der Waals surface area contributed by atoms with Gasteiger partial charge in [-0.15, -0.1) is 5.06 Å². The minimum absolute atomic E-state index is 0.158. The average molecular weight is 418 g/mol. The lowest BCUT2D eigenvalue weighted by atomic mass is 9.78. The fourth-order valence-electron chi connectivity index (χ4n) is 4.60. The molecule has 0 bridgehead atoms. The third-order valence-electron chi connectivity index (χ3n) is 6.27. The van der Waals surface area contributed by atoms with Crippen molar-refractivity contribution in [1.82, 2.24) is 5.06 Å². The molecule has 2 rings (SSSR count). The van der Waals surface area contributed by atoms with E-state index < -0.39 is 0 Å². The van der Waals surface area contributed by atoms with Gasteiger partial charge in [-0.1, -0.05) is 53.7 Å². The van der Waals surface area contributed by atoms with Crippen LogP contribution >= 0.6 is 0 Å². The van der Waals surface area contributed by atoms with Crippen molar-refractivity contribution < 1.29 is 14.7 Å². The minimum Gasteiger partial charge on any atom is -0.507 e. The Morgan fingerprint density at radius 2 is 1.40 bits per heavy atom. The Labute approximate surface area is 184 Å². The molecule has 30 heavy (non-hydrogen) atoms. The van der Waals surface area contributed by atoms with Gasteiger partial charge in [-0.25, -0.2) is 0 Å². The van der Waals surface area contributed by atoms with Crippen LogP contribution in [0.3, 0.4) is 0 Å². The van der Waals surface area contributed by atoms with Gasteiger partial charge in [-0.05, 0) is 80.9 Å². The van der Waals surface area contributed by atoms with Crippen LogP contribution in [0.5, 0.6) is 5.75 Å². The first-order valence-corrected chi connectivity index (χ1v) is 11.3. The Hall–Kier alpha value is -1.55. The molecule has 170 valence electrons. The second kappa shape index (κ2) is 8.18. The summed E-state index contributed by atoms with van der Waals surface area (Å²) in [6, 6.07) is 4.10. The molecule has 0 amide bonds. The molecular weight excluding hydrogens is 374 g/mol. The number of hydrogen-bond acceptors (Lipinski definition) is 4. The van der Waals surface area contributed by atoms with Crippen molar-refractivity contribution in [2.24, 2.45) is 0 Å². The van der Waals surface area contributed by atoms with Gasteiger partial charge in [-0.2, -0.15) is 0 Å². The molecule has 4 heteroatoms. The number of phenols is 1. The van der Waals surface area contributed by atoms with Crippen molar-refractivity contribution in [2.75, 3.05) is 0 Å². The van der Waals surface area contributed by atoms with Gasteiger partial charge < -0.3 is 9.94 Å². The highest BCUT2D eigenvalue weighted by molar-refractivity contribution is 5.69. The molecule has 0 unspecified atom stereocenters. The zero-order valence-corrected chi connectivity index (χ0v) is 20.9. The van der Waals surface area contributed by atoms with Crippen molar-refractivity contribution in [3.8, 4) is 5.75 Å². The molecular formula is C26H43NO3. The van der Waals surface area contributed by atoms with Crippen LogP contribution in [0.2, 0.25) is 0 Å². The maximum Gasteiger partial charge on any atom is 0.325 e. The summed E-state index contributed by atoms with van der Waals surface area (Å²) in [6.07, 6.45) is 4.10. The van der Waals surface area contributed by atoms with E-state index in [2.05, 4.69) is 69.2 Å². The number of benzene rings is 1. The van der Waals surface area contributed by atoms with Crippen molar-refractivity contribution in [2.45, 2.75) is 123 Å². The molecule has 0 saturated carbocycles. The lowest BCUT2D eigenvalue weighted by Gasteiger charge is -2.50. The Kier molecular flexibility index (Phi) is 6.74. The molecule has 1 saturated heterocycles. The molecule has 1 aromatic carbocycles. The molecule has 1 fully saturated rings. The number of rotatable bonds is 4. The first-order valence-electron chi connectivity index (χ1n) is 11.3. The summed E-state index contributed by atoms with van der Waals surface area (Å²) < 4.78 is 0. The number of piperidine rings is 1. The summed E-state index contributed by atoms with van der Waals surface area (Å²) >= 11 is 0. The number of phenolic OH excluding ortho intramolecular Hbond substituents is 1. The molecule has 0 spiro atoms. The molecule has 0 radical (unpaired) electrons. The zero-order valence-electron chi connectivity index (χ0n) is 20.9. The van der Waals surface area contributed by atoms with E-state index in [0.717, 1.165) is 36.0 Å². The molecule has 0 aromatic heterocycles. The molecule has 1 N–H and O–H groups in total. The van der Waals surface area contributed by atoms with Gasteiger partial charge in [0.15, 0.2) is 0 Å². The highest BCUT2D eigenvalue weighted by atomic mass is 16.7. The number of hydroxylamine groups is 2. The maximum absolute atomic E-state index is 12.8. The molecule has 1 heterocycles. The van der Waals surface area contributed by atoms with Crippen LogP contribution in [0.4, 0.5) is 0 Å². The van der Waals surface area contributed by atoms with Gasteiger partial charge in [-0.3, -0.25) is 4.79 Å². The van der Waals surface area contributed by atoms with Crippen LogP contribution in [-0.4, -0.2) is 27.2 Å². The van der Waals surface area contributed by atoms with Crippen LogP contribution in [0.1, 0.15) is 112 Å². The minimum atomic E-state index is -0.194. The first-order chi connectivity index (χ1) is 13.4. The standard InChI is InChI=1S/C26H43NO3/c1-23(2,3)19-16-18(17-20(22(19)29)24(4,5)6)12-13-21(28)30-27-25(7,8)14-11-15-26(27,9)10/h16-17,29H,11-15H2,1-10H3. The second-order valence-corrected chi connectivity index (χ2v) is 12.3. The normalized spacial score (nSPS) is 19.5. The Balaban J connectivity index is 2.21. The Bertz CT molecular complexity index is 727. The lowest BCUT2D eigenvalue weighted by Crippen LogP contribution is -2.58. The van der Waals surface area contributed by atoms with E-state index in [4.69, 9.17) is 4.84 Å². The van der Waals surface area contributed by atoms with Crippen molar-refractivity contribution in [3.05, 3.63) is 28.8 Å². The van der Waals surface area contributed by atoms with Gasteiger partial charge in [0.1, 0.15) is 5.75 Å². The fourth-order valence-corrected chi connectivity index (χ4v) is 4.60. The molecule has 0 aliphatic carbocycles. The number of hydrogen-bond donors (Lipinski definition) is 1. The van der Waals surface area contributed by atoms with E-state index >= 15 is 0 Å². The number of aromatic hydroxyl groups is 1. The Morgan fingerprint density at radius 1 is 0.967 bits per heavy atom. The van der Waals surface area contributed by atoms with Crippen LogP contribution in [0, 0.1) is 0 Å². The number of carbonyl (C=O) groups is 1. The van der Waals surface area contributed by atoms with Gasteiger partial charge in [0.25, 0.3) is 0 Å². The van der Waals surface area contributed by atoms with E-state index in [1.165, 1.54) is 0 Å². The molecule has 1 aliphatic rings. The maximum atomic E-state index is 12.8. The smallest absolute Gasteiger partial charge is 0.325 e. The number of carbonyl (C=O) groups excluding carboxylic acids is 1. The van der Waals surface area contributed by atoms with Crippen LogP contribution in [-0.2, 0) is 26.9 Å². The molecule has 1 aliphatic heterocycles. The lowest BCUT2D eigenvalue weighted by molar-refractivity contribution is -0.265. The molecule has 0 atom stereocenters. The number of nitrogens with zero attached hydrogens (tertiary/aromatic N) is 1. The van der Waals surface area contributed by atoms with Gasteiger partial charge >= 0.3 is 5.97 Å². The highest BCUT2D eigenvalue weighted by Gasteiger charge is 2.44. The highest BCUT2D eigenvalue weighted by Crippen LogP contribution is 2.41. The van der Waals surface area contributed by atoms with Crippen molar-refractivity contribution in [3.63, 3.8) is 0 Å². The second-order valence-electron chi connectivity index (χ2n) is 12.3. The fraction of sp³-hybridized carbons (Fsp3) is 0.731.